The van der Waals surface area contributed by atoms with Crippen LogP contribution in [-0.2, 0) is 11.3 Å². The van der Waals surface area contributed by atoms with E-state index in [0.717, 1.165) is 5.56 Å². The Bertz CT molecular complexity index is 476. The molecular weight excluding hydrogens is 222 g/mol. The topological polar surface area (TPSA) is 61.6 Å². The summed E-state index contributed by atoms with van der Waals surface area (Å²) < 4.78 is 14.7. The van der Waals surface area contributed by atoms with Crippen LogP contribution in [0.15, 0.2) is 41.2 Å². The van der Waals surface area contributed by atoms with E-state index in [2.05, 4.69) is 14.4 Å². The molecule has 0 radical (unpaired) electrons. The Hall–Kier alpha value is -2.30. The number of hydrogen-bond acceptors (Lipinski definition) is 5. The molecule has 2 aromatic rings. The number of benzene rings is 1. The van der Waals surface area contributed by atoms with Crippen molar-refractivity contribution in [3.63, 3.8) is 0 Å². The minimum absolute atomic E-state index is 0.365. The third-order valence-corrected chi connectivity index (χ3v) is 2.16. The average Bonchev–Trinajstić information content (AvgIpc) is 2.89. The fourth-order valence-electron chi connectivity index (χ4n) is 1.27. The second-order valence-corrected chi connectivity index (χ2v) is 3.34. The molecule has 1 heterocycles. The lowest BCUT2D eigenvalue weighted by Crippen LogP contribution is -2.01. The predicted octanol–water partition coefficient (Wildman–Crippen LogP) is 2.04. The molecule has 0 unspecified atom stereocenters. The number of ether oxygens (including phenoxy) is 2. The molecule has 5 nitrogen and oxygen atoms in total. The van der Waals surface area contributed by atoms with Gasteiger partial charge in [0.25, 0.3) is 0 Å². The number of nitrogens with zero attached hydrogens (tertiary/aromatic N) is 1. The van der Waals surface area contributed by atoms with Crippen molar-refractivity contribution in [2.24, 2.45) is 0 Å². The summed E-state index contributed by atoms with van der Waals surface area (Å²) in [6.07, 6.45) is 3.10. The van der Waals surface area contributed by atoms with E-state index in [4.69, 9.17) is 4.74 Å². The van der Waals surface area contributed by atoms with E-state index in [1.54, 1.807) is 30.5 Å². The highest BCUT2D eigenvalue weighted by Gasteiger charge is 2.04. The number of carbonyl (C=O) groups is 1. The van der Waals surface area contributed by atoms with Crippen LogP contribution in [0.5, 0.6) is 5.75 Å². The molecule has 0 saturated heterocycles. The van der Waals surface area contributed by atoms with Crippen LogP contribution in [-0.4, -0.2) is 18.2 Å². The van der Waals surface area contributed by atoms with Crippen LogP contribution in [0.3, 0.4) is 0 Å². The van der Waals surface area contributed by atoms with Gasteiger partial charge in [-0.05, 0) is 24.3 Å². The van der Waals surface area contributed by atoms with Crippen LogP contribution < -0.4 is 4.74 Å². The maximum absolute atomic E-state index is 11.2. The van der Waals surface area contributed by atoms with E-state index >= 15 is 0 Å². The van der Waals surface area contributed by atoms with Crippen molar-refractivity contribution in [2.75, 3.05) is 7.11 Å². The zero-order valence-electron chi connectivity index (χ0n) is 9.25. The molecular formula is C12H11NO4. The number of hydrogen-bond donors (Lipinski definition) is 0. The van der Waals surface area contributed by atoms with Crippen molar-refractivity contribution < 1.29 is 18.8 Å². The Kier molecular flexibility index (Phi) is 3.40. The normalized spacial score (nSPS) is 9.94. The SMILES string of the molecule is COC(=O)c1ccc(OCc2cnoc2)cc1. The first kappa shape index (κ1) is 11.2. The summed E-state index contributed by atoms with van der Waals surface area (Å²) in [5, 5.41) is 3.57. The fourth-order valence-corrected chi connectivity index (χ4v) is 1.27. The van der Waals surface area contributed by atoms with Crippen LogP contribution in [0.4, 0.5) is 0 Å². The third kappa shape index (κ3) is 2.84. The standard InChI is InChI=1S/C12H11NO4/c1-15-12(14)10-2-4-11(5-3-10)16-7-9-6-13-17-8-9/h2-6,8H,7H2,1H3. The van der Waals surface area contributed by atoms with Crippen LogP contribution in [0.25, 0.3) is 0 Å². The fraction of sp³-hybridized carbons (Fsp3) is 0.167. The van der Waals surface area contributed by atoms with Crippen LogP contribution in [0.2, 0.25) is 0 Å². The van der Waals surface area contributed by atoms with Crippen molar-refractivity contribution in [3.05, 3.63) is 47.9 Å². The highest BCUT2D eigenvalue weighted by molar-refractivity contribution is 5.89. The van der Waals surface area contributed by atoms with E-state index in [9.17, 15) is 4.79 Å². The lowest BCUT2D eigenvalue weighted by molar-refractivity contribution is 0.0600. The number of rotatable bonds is 4. The molecule has 0 amide bonds. The van der Waals surface area contributed by atoms with Gasteiger partial charge in [0.05, 0.1) is 18.9 Å². The van der Waals surface area contributed by atoms with Gasteiger partial charge in [-0.1, -0.05) is 5.16 Å². The van der Waals surface area contributed by atoms with Crippen molar-refractivity contribution in [2.45, 2.75) is 6.61 Å². The molecule has 2 rings (SSSR count). The lowest BCUT2D eigenvalue weighted by atomic mass is 10.2. The highest BCUT2D eigenvalue weighted by atomic mass is 16.5. The van der Waals surface area contributed by atoms with E-state index in [1.807, 2.05) is 0 Å². The largest absolute Gasteiger partial charge is 0.489 e. The van der Waals surface area contributed by atoms with Crippen LogP contribution in [0, 0.1) is 0 Å². The first-order valence-electron chi connectivity index (χ1n) is 4.99. The first-order valence-corrected chi connectivity index (χ1v) is 4.99. The maximum atomic E-state index is 11.2. The number of esters is 1. The van der Waals surface area contributed by atoms with Crippen LogP contribution in [0.1, 0.15) is 15.9 Å². The zero-order valence-corrected chi connectivity index (χ0v) is 9.25. The van der Waals surface area contributed by atoms with Crippen molar-refractivity contribution in [1.82, 2.24) is 5.16 Å². The van der Waals surface area contributed by atoms with Gasteiger partial charge in [-0.2, -0.15) is 0 Å². The monoisotopic (exact) mass is 233 g/mol. The van der Waals surface area contributed by atoms with Gasteiger partial charge in [-0.15, -0.1) is 0 Å². The quantitative estimate of drug-likeness (QED) is 0.756. The van der Waals surface area contributed by atoms with Gasteiger partial charge in [-0.25, -0.2) is 4.79 Å². The first-order chi connectivity index (χ1) is 8.29. The van der Waals surface area contributed by atoms with E-state index in [0.29, 0.717) is 17.9 Å². The van der Waals surface area contributed by atoms with Crippen molar-refractivity contribution in [3.8, 4) is 5.75 Å². The van der Waals surface area contributed by atoms with Crippen molar-refractivity contribution in [1.29, 1.82) is 0 Å². The summed E-state index contributed by atoms with van der Waals surface area (Å²) in [4.78, 5) is 11.2. The minimum Gasteiger partial charge on any atom is -0.489 e. The van der Waals surface area contributed by atoms with Gasteiger partial charge in [0.15, 0.2) is 0 Å². The second-order valence-electron chi connectivity index (χ2n) is 3.34. The summed E-state index contributed by atoms with van der Waals surface area (Å²) in [7, 11) is 1.35. The van der Waals surface area contributed by atoms with E-state index < -0.39 is 0 Å². The van der Waals surface area contributed by atoms with Crippen molar-refractivity contribution >= 4 is 5.97 Å². The Morgan fingerprint density at radius 2 is 2.12 bits per heavy atom. The molecule has 0 aliphatic rings. The third-order valence-electron chi connectivity index (χ3n) is 2.16. The molecule has 0 saturated carbocycles. The van der Waals surface area contributed by atoms with Crippen LogP contribution >= 0.6 is 0 Å². The van der Waals surface area contributed by atoms with Gasteiger partial charge in [0.1, 0.15) is 18.6 Å². The lowest BCUT2D eigenvalue weighted by Gasteiger charge is -2.04. The van der Waals surface area contributed by atoms with Gasteiger partial charge < -0.3 is 14.0 Å². The van der Waals surface area contributed by atoms with Gasteiger partial charge >= 0.3 is 5.97 Å². The molecule has 0 bridgehead atoms. The maximum Gasteiger partial charge on any atom is 0.337 e. The summed E-state index contributed by atoms with van der Waals surface area (Å²) in [5.41, 5.74) is 1.34. The molecule has 0 atom stereocenters. The Balaban J connectivity index is 1.96. The Morgan fingerprint density at radius 1 is 1.35 bits per heavy atom. The Labute approximate surface area is 97.9 Å². The molecule has 0 fully saturated rings. The summed E-state index contributed by atoms with van der Waals surface area (Å²) >= 11 is 0. The number of methoxy groups -OCH3 is 1. The molecule has 0 aliphatic heterocycles. The number of carbonyl (C=O) groups excluding carboxylic acids is 1. The van der Waals surface area contributed by atoms with Gasteiger partial charge in [0, 0.05) is 5.56 Å². The molecule has 1 aromatic heterocycles. The number of aromatic nitrogens is 1. The molecule has 0 spiro atoms. The minimum atomic E-state index is -0.365. The highest BCUT2D eigenvalue weighted by Crippen LogP contribution is 2.14. The second kappa shape index (κ2) is 5.16. The van der Waals surface area contributed by atoms with E-state index in [-0.39, 0.29) is 5.97 Å². The molecule has 88 valence electrons. The Morgan fingerprint density at radius 3 is 2.71 bits per heavy atom. The smallest absolute Gasteiger partial charge is 0.337 e. The summed E-state index contributed by atoms with van der Waals surface area (Å²) in [6, 6.07) is 6.71. The zero-order chi connectivity index (χ0) is 12.1. The van der Waals surface area contributed by atoms with Gasteiger partial charge in [-0.3, -0.25) is 0 Å². The molecule has 5 heteroatoms. The molecule has 0 N–H and O–H groups in total. The molecule has 0 aliphatic carbocycles. The van der Waals surface area contributed by atoms with Gasteiger partial charge in [0.2, 0.25) is 0 Å². The average molecular weight is 233 g/mol. The predicted molar refractivity (Wildman–Crippen MR) is 58.6 cm³/mol. The summed E-state index contributed by atoms with van der Waals surface area (Å²) in [5.74, 6) is 0.300. The van der Waals surface area contributed by atoms with E-state index in [1.165, 1.54) is 13.4 Å². The molecule has 17 heavy (non-hydrogen) atoms. The summed E-state index contributed by atoms with van der Waals surface area (Å²) in [6.45, 7) is 0.376. The molecule has 1 aromatic carbocycles.